The maximum atomic E-state index is 13.4. The third kappa shape index (κ3) is 7.17. The lowest BCUT2D eigenvalue weighted by molar-refractivity contribution is -0.134. The van der Waals surface area contributed by atoms with Gasteiger partial charge < -0.3 is 31.1 Å². The molecule has 2 heterocycles. The maximum Gasteiger partial charge on any atom is 0.243 e. The van der Waals surface area contributed by atoms with Gasteiger partial charge in [0.2, 0.25) is 23.6 Å². The molecule has 4 amide bonds. The molecule has 3 rings (SSSR count). The second-order valence-electron chi connectivity index (χ2n) is 10.2. The Balaban J connectivity index is 1.90. The van der Waals surface area contributed by atoms with Crippen LogP contribution in [0.4, 0.5) is 0 Å². The Hall–Kier alpha value is -3.18. The van der Waals surface area contributed by atoms with Gasteiger partial charge in [-0.3, -0.25) is 24.5 Å². The summed E-state index contributed by atoms with van der Waals surface area (Å²) in [5, 5.41) is 23.9. The van der Waals surface area contributed by atoms with Gasteiger partial charge in [-0.1, -0.05) is 26.0 Å². The highest BCUT2D eigenvalue weighted by atomic mass is 16.5. The lowest BCUT2D eigenvalue weighted by Gasteiger charge is -2.44. The number of aromatic hydroxyl groups is 1. The molecule has 11 nitrogen and oxygen atoms in total. The van der Waals surface area contributed by atoms with Crippen LogP contribution in [0.15, 0.2) is 24.3 Å². The van der Waals surface area contributed by atoms with Gasteiger partial charge in [-0.05, 0) is 43.9 Å². The van der Waals surface area contributed by atoms with E-state index in [0.717, 1.165) is 5.56 Å². The van der Waals surface area contributed by atoms with Gasteiger partial charge in [0.05, 0.1) is 24.8 Å². The normalized spacial score (nSPS) is 27.7. The van der Waals surface area contributed by atoms with Crippen molar-refractivity contribution in [2.45, 2.75) is 70.2 Å². The molecule has 0 aromatic heterocycles. The molecule has 36 heavy (non-hydrogen) atoms. The van der Waals surface area contributed by atoms with Gasteiger partial charge in [-0.15, -0.1) is 0 Å². The van der Waals surface area contributed by atoms with Gasteiger partial charge in [0.25, 0.3) is 0 Å². The SMILES string of the molecule is CC(C)C[C@@H]1NC(=O)[C@H](Cc2ccc(O)cc2)NC(=O)[C@H](C)NC2(CNC(=O)[C@H](C)NC1=O)COC2. The molecule has 6 N–H and O–H groups in total. The largest absolute Gasteiger partial charge is 0.508 e. The number of amides is 4. The van der Waals surface area contributed by atoms with E-state index in [1.54, 1.807) is 26.0 Å². The molecule has 0 aliphatic carbocycles. The number of phenolic OH excluding ortho intramolecular Hbond substituents is 1. The second-order valence-corrected chi connectivity index (χ2v) is 10.2. The predicted molar refractivity (Wildman–Crippen MR) is 132 cm³/mol. The van der Waals surface area contributed by atoms with E-state index in [1.807, 2.05) is 13.8 Å². The van der Waals surface area contributed by atoms with Crippen molar-refractivity contribution >= 4 is 23.6 Å². The first-order valence-electron chi connectivity index (χ1n) is 12.3. The fourth-order valence-corrected chi connectivity index (χ4v) is 4.25. The van der Waals surface area contributed by atoms with E-state index in [0.29, 0.717) is 19.6 Å². The molecule has 0 saturated carbocycles. The van der Waals surface area contributed by atoms with Crippen molar-refractivity contribution in [2.24, 2.45) is 5.92 Å². The number of phenols is 1. The molecule has 1 aromatic carbocycles. The summed E-state index contributed by atoms with van der Waals surface area (Å²) in [7, 11) is 0. The molecule has 0 bridgehead atoms. The van der Waals surface area contributed by atoms with E-state index in [1.165, 1.54) is 12.1 Å². The van der Waals surface area contributed by atoms with Crippen molar-refractivity contribution in [1.29, 1.82) is 0 Å². The molecule has 2 fully saturated rings. The number of rotatable bonds is 4. The number of benzene rings is 1. The monoisotopic (exact) mass is 503 g/mol. The van der Waals surface area contributed by atoms with Crippen molar-refractivity contribution in [3.05, 3.63) is 29.8 Å². The third-order valence-electron chi connectivity index (χ3n) is 6.37. The Morgan fingerprint density at radius 2 is 1.50 bits per heavy atom. The second kappa shape index (κ2) is 11.7. The number of nitrogens with one attached hydrogen (secondary N) is 5. The Bertz CT molecular complexity index is 962. The van der Waals surface area contributed by atoms with E-state index in [9.17, 15) is 24.3 Å². The highest BCUT2D eigenvalue weighted by Gasteiger charge is 2.42. The first-order valence-corrected chi connectivity index (χ1v) is 12.3. The number of carbonyl (C=O) groups is 4. The summed E-state index contributed by atoms with van der Waals surface area (Å²) in [5.74, 6) is -1.59. The van der Waals surface area contributed by atoms with E-state index in [4.69, 9.17) is 4.74 Å². The zero-order valence-electron chi connectivity index (χ0n) is 21.2. The molecular weight excluding hydrogens is 466 g/mol. The van der Waals surface area contributed by atoms with Crippen LogP contribution in [0.5, 0.6) is 5.75 Å². The number of carbonyl (C=O) groups excluding carboxylic acids is 4. The third-order valence-corrected chi connectivity index (χ3v) is 6.37. The highest BCUT2D eigenvalue weighted by Crippen LogP contribution is 2.18. The minimum atomic E-state index is -0.968. The van der Waals surface area contributed by atoms with Crippen LogP contribution in [0.1, 0.15) is 39.7 Å². The van der Waals surface area contributed by atoms with Crippen LogP contribution in [0, 0.1) is 5.92 Å². The van der Waals surface area contributed by atoms with Crippen molar-refractivity contribution < 1.29 is 29.0 Å². The fourth-order valence-electron chi connectivity index (χ4n) is 4.25. The van der Waals surface area contributed by atoms with Crippen LogP contribution in [-0.2, 0) is 30.3 Å². The maximum absolute atomic E-state index is 13.4. The van der Waals surface area contributed by atoms with Crippen LogP contribution >= 0.6 is 0 Å². The predicted octanol–water partition coefficient (Wildman–Crippen LogP) is -0.668. The van der Waals surface area contributed by atoms with Crippen LogP contribution in [0.25, 0.3) is 0 Å². The summed E-state index contributed by atoms with van der Waals surface area (Å²) in [5.41, 5.74) is 0.0921. The molecule has 4 atom stereocenters. The molecule has 1 spiro atoms. The molecule has 2 saturated heterocycles. The topological polar surface area (TPSA) is 158 Å². The minimum absolute atomic E-state index is 0.0834. The Morgan fingerprint density at radius 3 is 2.08 bits per heavy atom. The summed E-state index contributed by atoms with van der Waals surface area (Å²) in [4.78, 5) is 52.2. The van der Waals surface area contributed by atoms with Gasteiger partial charge in [0.15, 0.2) is 0 Å². The van der Waals surface area contributed by atoms with Gasteiger partial charge in [-0.2, -0.15) is 0 Å². The molecule has 0 radical (unpaired) electrons. The average molecular weight is 504 g/mol. The van der Waals surface area contributed by atoms with Crippen LogP contribution < -0.4 is 26.6 Å². The van der Waals surface area contributed by atoms with Gasteiger partial charge in [-0.25, -0.2) is 0 Å². The quantitative estimate of drug-likeness (QED) is 0.318. The first-order chi connectivity index (χ1) is 17.0. The van der Waals surface area contributed by atoms with Gasteiger partial charge in [0, 0.05) is 13.0 Å². The zero-order valence-corrected chi connectivity index (χ0v) is 21.2. The van der Waals surface area contributed by atoms with E-state index >= 15 is 0 Å². The lowest BCUT2D eigenvalue weighted by atomic mass is 9.95. The molecule has 0 unspecified atom stereocenters. The fraction of sp³-hybridized carbons (Fsp3) is 0.600. The zero-order chi connectivity index (χ0) is 26.5. The van der Waals surface area contributed by atoms with Crippen LogP contribution in [-0.4, -0.2) is 78.2 Å². The summed E-state index contributed by atoms with van der Waals surface area (Å²) in [6.45, 7) is 7.94. The van der Waals surface area contributed by atoms with Crippen molar-refractivity contribution in [2.75, 3.05) is 19.8 Å². The molecule has 2 aliphatic heterocycles. The Morgan fingerprint density at radius 1 is 0.889 bits per heavy atom. The van der Waals surface area contributed by atoms with Gasteiger partial charge >= 0.3 is 0 Å². The van der Waals surface area contributed by atoms with Crippen LogP contribution in [0.2, 0.25) is 0 Å². The van der Waals surface area contributed by atoms with Crippen molar-refractivity contribution in [1.82, 2.24) is 26.6 Å². The Kier molecular flexibility index (Phi) is 8.91. The molecule has 1 aromatic rings. The number of ether oxygens (including phenoxy) is 1. The highest BCUT2D eigenvalue weighted by molar-refractivity contribution is 5.95. The summed E-state index contributed by atoms with van der Waals surface area (Å²) < 4.78 is 5.35. The van der Waals surface area contributed by atoms with Crippen molar-refractivity contribution in [3.8, 4) is 5.75 Å². The summed E-state index contributed by atoms with van der Waals surface area (Å²) >= 11 is 0. The smallest absolute Gasteiger partial charge is 0.243 e. The number of hydrogen-bond donors (Lipinski definition) is 6. The summed E-state index contributed by atoms with van der Waals surface area (Å²) in [6.07, 6.45) is 0.509. The molecule has 198 valence electrons. The number of hydrogen-bond acceptors (Lipinski definition) is 7. The van der Waals surface area contributed by atoms with E-state index in [-0.39, 0.29) is 30.5 Å². The summed E-state index contributed by atoms with van der Waals surface area (Å²) in [6, 6.07) is 2.99. The average Bonchev–Trinajstić information content (AvgIpc) is 2.79. The lowest BCUT2D eigenvalue weighted by Crippen LogP contribution is -2.70. The van der Waals surface area contributed by atoms with Crippen molar-refractivity contribution in [3.63, 3.8) is 0 Å². The minimum Gasteiger partial charge on any atom is -0.508 e. The van der Waals surface area contributed by atoms with E-state index in [2.05, 4.69) is 26.6 Å². The molecule has 11 heteroatoms. The first kappa shape index (κ1) is 27.4. The van der Waals surface area contributed by atoms with Gasteiger partial charge in [0.1, 0.15) is 23.9 Å². The van der Waals surface area contributed by atoms with Crippen LogP contribution in [0.3, 0.4) is 0 Å². The van der Waals surface area contributed by atoms with E-state index < -0.39 is 47.4 Å². The molecule has 2 aliphatic rings. The molecular formula is C25H37N5O6. The Labute approximate surface area is 211 Å². The standard InChI is InChI=1S/C25H37N5O6/c1-14(2)9-19-23(34)27-15(3)21(32)26-11-25(12-36-13-25)30-16(4)22(33)28-20(24(35)29-19)10-17-5-7-18(31)8-6-17/h5-8,14-16,19-20,30-31H,9-13H2,1-4H3,(H,26,32)(H,27,34)(H,28,33)(H,29,35)/t15-,16-,19-,20-/m0/s1.